The van der Waals surface area contributed by atoms with Crippen LogP contribution in [0.2, 0.25) is 4.34 Å². The normalized spacial score (nSPS) is 13.1. The number of thiophene rings is 1. The first kappa shape index (κ1) is 11.9. The largest absolute Gasteiger partial charge is 0.329 e. The molecule has 5 N–H and O–H groups in total. The van der Waals surface area contributed by atoms with Crippen molar-refractivity contribution in [3.63, 3.8) is 0 Å². The Morgan fingerprint density at radius 3 is 2.86 bits per heavy atom. The monoisotopic (exact) mass is 233 g/mol. The zero-order valence-electron chi connectivity index (χ0n) is 8.00. The first-order chi connectivity index (χ1) is 6.72. The fourth-order valence-electron chi connectivity index (χ4n) is 1.07. The van der Waals surface area contributed by atoms with E-state index >= 15 is 0 Å². The lowest BCUT2D eigenvalue weighted by molar-refractivity contribution is 0.584. The number of hydrogen-bond donors (Lipinski definition) is 3. The summed E-state index contributed by atoms with van der Waals surface area (Å²) in [5.74, 6) is 0. The van der Waals surface area contributed by atoms with E-state index in [0.29, 0.717) is 6.54 Å². The molecular weight excluding hydrogens is 218 g/mol. The molecule has 0 aliphatic carbocycles. The highest BCUT2D eigenvalue weighted by Gasteiger charge is 1.99. The van der Waals surface area contributed by atoms with E-state index in [1.54, 1.807) is 11.3 Å². The van der Waals surface area contributed by atoms with Gasteiger partial charge >= 0.3 is 0 Å². The molecule has 0 radical (unpaired) electrons. The van der Waals surface area contributed by atoms with Gasteiger partial charge in [-0.3, -0.25) is 0 Å². The van der Waals surface area contributed by atoms with Crippen LogP contribution >= 0.6 is 22.9 Å². The van der Waals surface area contributed by atoms with Crippen LogP contribution in [-0.4, -0.2) is 25.7 Å². The van der Waals surface area contributed by atoms with Gasteiger partial charge in [-0.15, -0.1) is 11.3 Å². The van der Waals surface area contributed by atoms with E-state index < -0.39 is 0 Å². The van der Waals surface area contributed by atoms with Gasteiger partial charge in [-0.05, 0) is 18.6 Å². The van der Waals surface area contributed by atoms with E-state index in [2.05, 4.69) is 11.4 Å². The van der Waals surface area contributed by atoms with E-state index in [1.165, 1.54) is 4.88 Å². The average Bonchev–Trinajstić information content (AvgIpc) is 2.58. The van der Waals surface area contributed by atoms with E-state index in [9.17, 15) is 0 Å². The predicted octanol–water partition coefficient (Wildman–Crippen LogP) is 0.820. The molecule has 80 valence electrons. The van der Waals surface area contributed by atoms with Crippen molar-refractivity contribution in [3.05, 3.63) is 21.3 Å². The number of nitrogens with one attached hydrogen (secondary N) is 1. The van der Waals surface area contributed by atoms with Crippen molar-refractivity contribution in [1.29, 1.82) is 0 Å². The molecular formula is C9H16ClN3S. The molecule has 0 bridgehead atoms. The molecule has 1 rings (SSSR count). The summed E-state index contributed by atoms with van der Waals surface area (Å²) in [4.78, 5) is 1.30. The van der Waals surface area contributed by atoms with Crippen LogP contribution < -0.4 is 16.8 Å². The first-order valence-electron chi connectivity index (χ1n) is 4.63. The molecule has 5 heteroatoms. The average molecular weight is 234 g/mol. The summed E-state index contributed by atoms with van der Waals surface area (Å²) in [6.07, 6.45) is 0.995. The Balaban J connectivity index is 2.10. The van der Waals surface area contributed by atoms with Crippen LogP contribution in [0.15, 0.2) is 12.1 Å². The molecule has 1 atom stereocenters. The van der Waals surface area contributed by atoms with Gasteiger partial charge in [0.25, 0.3) is 0 Å². The summed E-state index contributed by atoms with van der Waals surface area (Å²) < 4.78 is 0.846. The highest BCUT2D eigenvalue weighted by atomic mass is 35.5. The molecule has 3 nitrogen and oxygen atoms in total. The lowest BCUT2D eigenvalue weighted by Gasteiger charge is -2.09. The number of rotatable bonds is 6. The molecule has 0 amide bonds. The van der Waals surface area contributed by atoms with Gasteiger partial charge in [0.05, 0.1) is 4.34 Å². The third-order valence-corrected chi connectivity index (χ3v) is 3.18. The van der Waals surface area contributed by atoms with Gasteiger partial charge in [-0.25, -0.2) is 0 Å². The highest BCUT2D eigenvalue weighted by Crippen LogP contribution is 2.21. The Morgan fingerprint density at radius 2 is 2.29 bits per heavy atom. The van der Waals surface area contributed by atoms with Crippen LogP contribution in [-0.2, 0) is 6.42 Å². The predicted molar refractivity (Wildman–Crippen MR) is 62.9 cm³/mol. The highest BCUT2D eigenvalue weighted by molar-refractivity contribution is 7.16. The summed E-state index contributed by atoms with van der Waals surface area (Å²) in [7, 11) is 0. The van der Waals surface area contributed by atoms with Gasteiger partial charge in [0.15, 0.2) is 0 Å². The Hall–Kier alpha value is -0.130. The van der Waals surface area contributed by atoms with Gasteiger partial charge in [0, 0.05) is 30.6 Å². The first-order valence-corrected chi connectivity index (χ1v) is 5.82. The SMILES string of the molecule is NCC(N)CNCCc1ccc(Cl)s1. The van der Waals surface area contributed by atoms with Gasteiger partial charge in [-0.2, -0.15) is 0 Å². The standard InChI is InChI=1S/C9H16ClN3S/c10-9-2-1-8(14-9)3-4-13-6-7(12)5-11/h1-2,7,13H,3-6,11-12H2. The summed E-state index contributed by atoms with van der Waals surface area (Å²) >= 11 is 7.43. The van der Waals surface area contributed by atoms with Crippen molar-refractivity contribution in [3.8, 4) is 0 Å². The van der Waals surface area contributed by atoms with Crippen molar-refractivity contribution in [2.75, 3.05) is 19.6 Å². The molecule has 14 heavy (non-hydrogen) atoms. The molecule has 1 aromatic rings. The van der Waals surface area contributed by atoms with Crippen molar-refractivity contribution in [1.82, 2.24) is 5.32 Å². The molecule has 0 aliphatic heterocycles. The second-order valence-electron chi connectivity index (χ2n) is 3.16. The van der Waals surface area contributed by atoms with Crippen molar-refractivity contribution < 1.29 is 0 Å². The van der Waals surface area contributed by atoms with E-state index in [0.717, 1.165) is 23.8 Å². The van der Waals surface area contributed by atoms with Gasteiger partial charge in [0.1, 0.15) is 0 Å². The summed E-state index contributed by atoms with van der Waals surface area (Å²) in [6.45, 7) is 2.22. The summed E-state index contributed by atoms with van der Waals surface area (Å²) in [6, 6.07) is 4.03. The molecule has 1 aromatic heterocycles. The molecule has 1 heterocycles. The second kappa shape index (κ2) is 6.37. The topological polar surface area (TPSA) is 64.1 Å². The fourth-order valence-corrected chi connectivity index (χ4v) is 2.16. The summed E-state index contributed by atoms with van der Waals surface area (Å²) in [5, 5.41) is 3.25. The molecule has 0 aliphatic rings. The minimum absolute atomic E-state index is 0.0573. The molecule has 0 saturated heterocycles. The van der Waals surface area contributed by atoms with E-state index in [1.807, 2.05) is 6.07 Å². The van der Waals surface area contributed by atoms with Crippen LogP contribution in [0.5, 0.6) is 0 Å². The van der Waals surface area contributed by atoms with E-state index in [-0.39, 0.29) is 6.04 Å². The van der Waals surface area contributed by atoms with Gasteiger partial charge in [0.2, 0.25) is 0 Å². The van der Waals surface area contributed by atoms with Crippen LogP contribution in [0.4, 0.5) is 0 Å². The smallest absolute Gasteiger partial charge is 0.0931 e. The van der Waals surface area contributed by atoms with Crippen molar-refractivity contribution in [2.24, 2.45) is 11.5 Å². The van der Waals surface area contributed by atoms with Crippen LogP contribution in [0, 0.1) is 0 Å². The Labute approximate surface area is 93.4 Å². The quantitative estimate of drug-likeness (QED) is 0.638. The molecule has 0 saturated carbocycles. The second-order valence-corrected chi connectivity index (χ2v) is 4.96. The molecule has 0 spiro atoms. The number of nitrogens with two attached hydrogens (primary N) is 2. The van der Waals surface area contributed by atoms with Crippen LogP contribution in [0.25, 0.3) is 0 Å². The Kier molecular flexibility index (Phi) is 5.44. The van der Waals surface area contributed by atoms with E-state index in [4.69, 9.17) is 23.1 Å². The molecule has 1 unspecified atom stereocenters. The van der Waals surface area contributed by atoms with Gasteiger partial charge in [-0.1, -0.05) is 11.6 Å². The number of hydrogen-bond acceptors (Lipinski definition) is 4. The lowest BCUT2D eigenvalue weighted by Crippen LogP contribution is -2.40. The fraction of sp³-hybridized carbons (Fsp3) is 0.556. The Bertz CT molecular complexity index is 264. The van der Waals surface area contributed by atoms with Crippen molar-refractivity contribution in [2.45, 2.75) is 12.5 Å². The number of halogens is 1. The van der Waals surface area contributed by atoms with Crippen LogP contribution in [0.3, 0.4) is 0 Å². The lowest BCUT2D eigenvalue weighted by atomic mass is 10.3. The molecule has 0 fully saturated rings. The molecule has 0 aromatic carbocycles. The van der Waals surface area contributed by atoms with Crippen LogP contribution in [0.1, 0.15) is 4.88 Å². The summed E-state index contributed by atoms with van der Waals surface area (Å²) in [5.41, 5.74) is 11.0. The maximum Gasteiger partial charge on any atom is 0.0931 e. The van der Waals surface area contributed by atoms with Crippen molar-refractivity contribution >= 4 is 22.9 Å². The maximum atomic E-state index is 5.81. The zero-order valence-corrected chi connectivity index (χ0v) is 9.57. The Morgan fingerprint density at radius 1 is 1.50 bits per heavy atom. The maximum absolute atomic E-state index is 5.81. The third-order valence-electron chi connectivity index (χ3n) is 1.89. The zero-order chi connectivity index (χ0) is 10.4. The van der Waals surface area contributed by atoms with Gasteiger partial charge < -0.3 is 16.8 Å². The minimum Gasteiger partial charge on any atom is -0.329 e. The third kappa shape index (κ3) is 4.39. The minimum atomic E-state index is 0.0573.